The zero-order valence-corrected chi connectivity index (χ0v) is 16.5. The third-order valence-corrected chi connectivity index (χ3v) is 5.28. The molecule has 1 atom stereocenters. The average molecular weight is 395 g/mol. The van der Waals surface area contributed by atoms with Gasteiger partial charge in [-0.2, -0.15) is 5.10 Å². The maximum Gasteiger partial charge on any atom is 0.325 e. The van der Waals surface area contributed by atoms with Gasteiger partial charge in [0, 0.05) is 31.4 Å². The highest BCUT2D eigenvalue weighted by atomic mass is 16.5. The van der Waals surface area contributed by atoms with E-state index in [2.05, 4.69) is 10.2 Å². The van der Waals surface area contributed by atoms with E-state index in [1.807, 2.05) is 43.3 Å². The second-order valence-corrected chi connectivity index (χ2v) is 7.43. The molecule has 0 saturated carbocycles. The van der Waals surface area contributed by atoms with Gasteiger partial charge in [0.05, 0.1) is 12.2 Å². The van der Waals surface area contributed by atoms with Crippen LogP contribution in [-0.4, -0.2) is 70.8 Å². The molecule has 0 unspecified atom stereocenters. The number of carbonyl (C=O) groups excluding carboxylic acids is 2. The molecule has 2 saturated heterocycles. The topological polar surface area (TPSA) is 78.9 Å². The van der Waals surface area contributed by atoms with Crippen LogP contribution in [0, 0.1) is 6.92 Å². The number of carbonyl (C=O) groups is 2. The van der Waals surface area contributed by atoms with E-state index in [-0.39, 0.29) is 24.6 Å². The van der Waals surface area contributed by atoms with Gasteiger partial charge in [-0.25, -0.2) is 4.79 Å². The lowest BCUT2D eigenvalue weighted by Crippen LogP contribution is -2.48. The van der Waals surface area contributed by atoms with Gasteiger partial charge in [0.15, 0.2) is 0 Å². The van der Waals surface area contributed by atoms with E-state index in [1.165, 1.54) is 0 Å². The van der Waals surface area contributed by atoms with E-state index >= 15 is 0 Å². The van der Waals surface area contributed by atoms with Crippen molar-refractivity contribution < 1.29 is 14.3 Å². The first-order valence-corrected chi connectivity index (χ1v) is 9.96. The number of aromatic nitrogens is 2. The Balaban J connectivity index is 1.32. The van der Waals surface area contributed by atoms with Crippen LogP contribution in [0.2, 0.25) is 0 Å². The second-order valence-electron chi connectivity index (χ2n) is 7.43. The molecule has 2 fully saturated rings. The number of hydrogen-bond acceptors (Lipinski definition) is 5. The number of piperidine rings is 1. The van der Waals surface area contributed by atoms with Crippen LogP contribution < -0.4 is 9.64 Å². The van der Waals surface area contributed by atoms with Crippen LogP contribution in [-0.2, 0) is 4.79 Å². The van der Waals surface area contributed by atoms with Crippen molar-refractivity contribution >= 4 is 17.6 Å². The predicted octanol–water partition coefficient (Wildman–Crippen LogP) is 2.10. The summed E-state index contributed by atoms with van der Waals surface area (Å²) < 4.78 is 5.90. The Morgan fingerprint density at radius 3 is 2.69 bits per heavy atom. The van der Waals surface area contributed by atoms with Crippen LogP contribution in [0.15, 0.2) is 42.5 Å². The molecule has 0 spiro atoms. The molecule has 0 N–H and O–H groups in total. The van der Waals surface area contributed by atoms with E-state index in [9.17, 15) is 9.59 Å². The van der Waals surface area contributed by atoms with E-state index in [1.54, 1.807) is 20.8 Å². The number of para-hydroxylation sites is 1. The smallest absolute Gasteiger partial charge is 0.325 e. The Hall–Kier alpha value is -3.16. The van der Waals surface area contributed by atoms with Gasteiger partial charge in [0.25, 0.3) is 0 Å². The highest BCUT2D eigenvalue weighted by Gasteiger charge is 2.33. The summed E-state index contributed by atoms with van der Waals surface area (Å²) in [5.41, 5.74) is 1.69. The van der Waals surface area contributed by atoms with Crippen molar-refractivity contribution in [2.45, 2.75) is 25.9 Å². The molecule has 8 nitrogen and oxygen atoms in total. The van der Waals surface area contributed by atoms with Crippen molar-refractivity contribution in [2.24, 2.45) is 0 Å². The Morgan fingerprint density at radius 2 is 1.93 bits per heavy atom. The molecule has 2 aliphatic rings. The molecule has 152 valence electrons. The first-order chi connectivity index (χ1) is 14.1. The number of ether oxygens (including phenoxy) is 1. The highest BCUT2D eigenvalue weighted by Crippen LogP contribution is 2.21. The average Bonchev–Trinajstić information content (AvgIpc) is 3.11. The molecule has 0 bridgehead atoms. The minimum Gasteiger partial charge on any atom is -0.471 e. The van der Waals surface area contributed by atoms with Gasteiger partial charge in [-0.1, -0.05) is 18.2 Å². The number of rotatable bonds is 5. The fraction of sp³-hybridized carbons (Fsp3) is 0.429. The molecule has 1 aromatic carbocycles. The number of hydrogen-bond donors (Lipinski definition) is 0. The largest absolute Gasteiger partial charge is 0.471 e. The number of anilines is 1. The normalized spacial score (nSPS) is 19.6. The third kappa shape index (κ3) is 4.47. The summed E-state index contributed by atoms with van der Waals surface area (Å²) in [6.07, 6.45) is 1.61. The molecular formula is C21H25N5O3. The first-order valence-electron chi connectivity index (χ1n) is 9.96. The zero-order valence-electron chi connectivity index (χ0n) is 16.5. The molecule has 4 rings (SSSR count). The monoisotopic (exact) mass is 395 g/mol. The third-order valence-electron chi connectivity index (χ3n) is 5.28. The molecule has 29 heavy (non-hydrogen) atoms. The lowest BCUT2D eigenvalue weighted by molar-refractivity contribution is -0.134. The van der Waals surface area contributed by atoms with Crippen LogP contribution in [0.25, 0.3) is 0 Å². The van der Waals surface area contributed by atoms with Crippen LogP contribution in [0.3, 0.4) is 0 Å². The maximum absolute atomic E-state index is 12.8. The summed E-state index contributed by atoms with van der Waals surface area (Å²) in [6, 6.07) is 13.1. The minimum absolute atomic E-state index is 0.0449. The van der Waals surface area contributed by atoms with Crippen molar-refractivity contribution in [2.75, 3.05) is 37.6 Å². The summed E-state index contributed by atoms with van der Waals surface area (Å²) in [5, 5.41) is 8.04. The molecule has 2 aliphatic heterocycles. The van der Waals surface area contributed by atoms with Gasteiger partial charge < -0.3 is 14.5 Å². The second kappa shape index (κ2) is 8.46. The van der Waals surface area contributed by atoms with Gasteiger partial charge in [-0.05, 0) is 38.0 Å². The van der Waals surface area contributed by atoms with Gasteiger partial charge >= 0.3 is 6.03 Å². The zero-order chi connectivity index (χ0) is 20.2. The number of likely N-dealkylation sites (tertiary alicyclic amines) is 1. The quantitative estimate of drug-likeness (QED) is 0.775. The minimum atomic E-state index is -0.121. The standard InChI is InChI=1S/C21H25N5O3/c1-16-9-10-19(23-22-16)29-18-8-5-11-24(14-18)20(27)15-25-12-13-26(21(25)28)17-6-3-2-4-7-17/h2-4,6-7,9-10,18H,5,8,11-15H2,1H3/t18-/m1/s1. The van der Waals surface area contributed by atoms with E-state index in [0.717, 1.165) is 24.2 Å². The van der Waals surface area contributed by atoms with E-state index in [4.69, 9.17) is 4.74 Å². The summed E-state index contributed by atoms with van der Waals surface area (Å²) in [5.74, 6) is 0.430. The SMILES string of the molecule is Cc1ccc(O[C@@H]2CCCN(C(=O)CN3CCN(c4ccccc4)C3=O)C2)nn1. The van der Waals surface area contributed by atoms with Crippen LogP contribution in [0.5, 0.6) is 5.88 Å². The summed E-state index contributed by atoms with van der Waals surface area (Å²) in [6.45, 7) is 4.29. The Bertz CT molecular complexity index is 858. The van der Waals surface area contributed by atoms with Crippen LogP contribution in [0.4, 0.5) is 10.5 Å². The highest BCUT2D eigenvalue weighted by molar-refractivity contribution is 5.96. The molecule has 8 heteroatoms. The molecule has 3 heterocycles. The lowest BCUT2D eigenvalue weighted by Gasteiger charge is -2.33. The van der Waals surface area contributed by atoms with Crippen molar-refractivity contribution in [3.8, 4) is 5.88 Å². The van der Waals surface area contributed by atoms with E-state index < -0.39 is 0 Å². The number of aryl methyl sites for hydroxylation is 1. The molecule has 2 aromatic rings. The van der Waals surface area contributed by atoms with Crippen LogP contribution >= 0.6 is 0 Å². The summed E-state index contributed by atoms with van der Waals surface area (Å²) in [7, 11) is 0. The van der Waals surface area contributed by atoms with Gasteiger partial charge in [0.1, 0.15) is 12.6 Å². The van der Waals surface area contributed by atoms with Crippen LogP contribution in [0.1, 0.15) is 18.5 Å². The summed E-state index contributed by atoms with van der Waals surface area (Å²) >= 11 is 0. The van der Waals surface area contributed by atoms with Gasteiger partial charge in [-0.15, -0.1) is 5.10 Å². The van der Waals surface area contributed by atoms with Crippen molar-refractivity contribution in [3.05, 3.63) is 48.2 Å². The van der Waals surface area contributed by atoms with Crippen molar-refractivity contribution in [3.63, 3.8) is 0 Å². The maximum atomic E-state index is 12.8. The molecule has 3 amide bonds. The summed E-state index contributed by atoms with van der Waals surface area (Å²) in [4.78, 5) is 30.6. The predicted molar refractivity (Wildman–Crippen MR) is 108 cm³/mol. The van der Waals surface area contributed by atoms with Crippen molar-refractivity contribution in [1.29, 1.82) is 0 Å². The molecule has 0 aliphatic carbocycles. The molecule has 1 aromatic heterocycles. The molecular weight excluding hydrogens is 370 g/mol. The lowest BCUT2D eigenvalue weighted by atomic mass is 10.1. The number of amides is 3. The van der Waals surface area contributed by atoms with Gasteiger partial charge in [0.2, 0.25) is 11.8 Å². The van der Waals surface area contributed by atoms with Crippen molar-refractivity contribution in [1.82, 2.24) is 20.0 Å². The fourth-order valence-electron chi connectivity index (χ4n) is 3.72. The first kappa shape index (κ1) is 19.2. The Labute approximate surface area is 170 Å². The molecule has 0 radical (unpaired) electrons. The van der Waals surface area contributed by atoms with Gasteiger partial charge in [-0.3, -0.25) is 9.69 Å². The number of nitrogens with zero attached hydrogens (tertiary/aromatic N) is 5. The fourth-order valence-corrected chi connectivity index (χ4v) is 3.72. The Morgan fingerprint density at radius 1 is 1.10 bits per heavy atom. The number of benzene rings is 1. The van der Waals surface area contributed by atoms with E-state index in [0.29, 0.717) is 32.1 Å². The Kier molecular flexibility index (Phi) is 5.59. The number of urea groups is 1.